The summed E-state index contributed by atoms with van der Waals surface area (Å²) < 4.78 is 14.8. The van der Waals surface area contributed by atoms with Crippen LogP contribution < -0.4 is 26.0 Å². The number of aryl methyl sites for hydroxylation is 1. The number of hydrogen-bond donors (Lipinski definition) is 2. The molecule has 1 atom stereocenters. The topological polar surface area (TPSA) is 116 Å². The number of ether oxygens (including phenoxy) is 2. The highest BCUT2D eigenvalue weighted by Crippen LogP contribution is 2.19. The molecule has 2 aromatic heterocycles. The number of aliphatic hydroxyl groups excluding tert-OH is 1. The molecule has 0 aliphatic rings. The maximum Gasteiger partial charge on any atom is 0.332 e. The molecule has 32 heavy (non-hydrogen) atoms. The summed E-state index contributed by atoms with van der Waals surface area (Å²) in [5.74, 6) is 1.70. The fourth-order valence-electron chi connectivity index (χ4n) is 3.28. The molecule has 0 spiro atoms. The fraction of sp³-hybridized carbons (Fsp3) is 0.476. The third kappa shape index (κ3) is 4.94. The summed E-state index contributed by atoms with van der Waals surface area (Å²) in [7, 11) is 8.46. The summed E-state index contributed by atoms with van der Waals surface area (Å²) in [6.07, 6.45) is -0.925. The summed E-state index contributed by atoms with van der Waals surface area (Å²) >= 11 is 0. The van der Waals surface area contributed by atoms with Crippen LogP contribution >= 0.6 is 0 Å². The number of nitrogens with zero attached hydrogens (tertiary/aromatic N) is 5. The summed E-state index contributed by atoms with van der Waals surface area (Å²) in [4.78, 5) is 31.7. The Balaban J connectivity index is 1.88. The van der Waals surface area contributed by atoms with E-state index in [1.165, 1.54) is 11.6 Å². The number of aliphatic hydroxyl groups is 1. The molecule has 0 saturated carbocycles. The van der Waals surface area contributed by atoms with Gasteiger partial charge in [-0.15, -0.1) is 0 Å². The second-order valence-electron chi connectivity index (χ2n) is 7.79. The molecule has 11 heteroatoms. The molecule has 0 aliphatic carbocycles. The number of methoxy groups -OCH3 is 1. The first-order valence-corrected chi connectivity index (χ1v) is 10.2. The lowest BCUT2D eigenvalue weighted by Gasteiger charge is -2.17. The standard InChI is InChI=1S/C21H30N6O5/c1-24(2)11-10-22-20-23-18-17(19(29)26(4)21(30)25(18)3)27(20)12-14(28)13-32-16-8-6-15(31-5)7-9-16/h6-9,14,28H,10-13H2,1-5H3,(H,22,23). The van der Waals surface area contributed by atoms with Crippen LogP contribution in [0.1, 0.15) is 0 Å². The zero-order valence-corrected chi connectivity index (χ0v) is 19.0. The van der Waals surface area contributed by atoms with Crippen LogP contribution in [-0.4, -0.2) is 75.7 Å². The van der Waals surface area contributed by atoms with Crippen molar-refractivity contribution in [1.82, 2.24) is 23.6 Å². The van der Waals surface area contributed by atoms with Crippen LogP contribution in [0, 0.1) is 0 Å². The van der Waals surface area contributed by atoms with E-state index in [1.54, 1.807) is 43.0 Å². The normalized spacial score (nSPS) is 12.3. The van der Waals surface area contributed by atoms with Crippen molar-refractivity contribution >= 4 is 17.1 Å². The maximum absolute atomic E-state index is 12.9. The number of nitrogens with one attached hydrogen (secondary N) is 1. The lowest BCUT2D eigenvalue weighted by Crippen LogP contribution is -2.38. The Kier molecular flexibility index (Phi) is 7.21. The Morgan fingerprint density at radius 2 is 1.78 bits per heavy atom. The van der Waals surface area contributed by atoms with Crippen LogP contribution in [0.4, 0.5) is 5.95 Å². The molecular formula is C21H30N6O5. The SMILES string of the molecule is COc1ccc(OCC(O)Cn2c(NCCN(C)C)nc3c2c(=O)n(C)c(=O)n3C)cc1. The number of aromatic nitrogens is 4. The van der Waals surface area contributed by atoms with Gasteiger partial charge in [0.05, 0.1) is 13.7 Å². The van der Waals surface area contributed by atoms with Crippen molar-refractivity contribution < 1.29 is 14.6 Å². The molecule has 1 unspecified atom stereocenters. The van der Waals surface area contributed by atoms with Crippen molar-refractivity contribution in [3.63, 3.8) is 0 Å². The molecule has 174 valence electrons. The minimum atomic E-state index is -0.925. The Morgan fingerprint density at radius 3 is 2.41 bits per heavy atom. The zero-order chi connectivity index (χ0) is 23.4. The Bertz CT molecular complexity index is 1180. The second kappa shape index (κ2) is 9.88. The first-order chi connectivity index (χ1) is 15.2. The molecule has 2 heterocycles. The second-order valence-corrected chi connectivity index (χ2v) is 7.79. The Hall–Kier alpha value is -3.31. The molecule has 3 rings (SSSR count). The largest absolute Gasteiger partial charge is 0.497 e. The van der Waals surface area contributed by atoms with E-state index in [-0.39, 0.29) is 24.3 Å². The average molecular weight is 447 g/mol. The van der Waals surface area contributed by atoms with Crippen molar-refractivity contribution in [1.29, 1.82) is 0 Å². The van der Waals surface area contributed by atoms with Crippen molar-refractivity contribution in [2.75, 3.05) is 46.2 Å². The number of benzene rings is 1. The molecule has 3 aromatic rings. The van der Waals surface area contributed by atoms with E-state index in [9.17, 15) is 14.7 Å². The number of fused-ring (bicyclic) bond motifs is 1. The average Bonchev–Trinajstić information content (AvgIpc) is 3.13. The van der Waals surface area contributed by atoms with Gasteiger partial charge in [0.25, 0.3) is 5.56 Å². The van der Waals surface area contributed by atoms with E-state index >= 15 is 0 Å². The molecule has 2 N–H and O–H groups in total. The number of rotatable bonds is 10. The highest BCUT2D eigenvalue weighted by Gasteiger charge is 2.21. The van der Waals surface area contributed by atoms with Gasteiger partial charge in [-0.1, -0.05) is 0 Å². The quantitative estimate of drug-likeness (QED) is 0.442. The predicted octanol–water partition coefficient (Wildman–Crippen LogP) is -0.144. The van der Waals surface area contributed by atoms with Crippen LogP contribution in [0.2, 0.25) is 0 Å². The van der Waals surface area contributed by atoms with Gasteiger partial charge >= 0.3 is 5.69 Å². The molecule has 0 saturated heterocycles. The van der Waals surface area contributed by atoms with Gasteiger partial charge in [-0.2, -0.15) is 4.98 Å². The summed E-state index contributed by atoms with van der Waals surface area (Å²) in [5, 5.41) is 13.9. The highest BCUT2D eigenvalue weighted by atomic mass is 16.5. The number of likely N-dealkylation sites (N-methyl/N-ethyl adjacent to an activating group) is 1. The number of imidazole rings is 1. The summed E-state index contributed by atoms with van der Waals surface area (Å²) in [6.45, 7) is 1.38. The van der Waals surface area contributed by atoms with Gasteiger partial charge in [-0.05, 0) is 38.4 Å². The van der Waals surface area contributed by atoms with E-state index in [1.807, 2.05) is 19.0 Å². The molecule has 0 bridgehead atoms. The lowest BCUT2D eigenvalue weighted by molar-refractivity contribution is 0.0938. The first-order valence-electron chi connectivity index (χ1n) is 10.2. The van der Waals surface area contributed by atoms with Gasteiger partial charge in [0.2, 0.25) is 5.95 Å². The van der Waals surface area contributed by atoms with Crippen molar-refractivity contribution in [2.24, 2.45) is 14.1 Å². The molecule has 1 aromatic carbocycles. The van der Waals surface area contributed by atoms with Crippen LogP contribution in [-0.2, 0) is 20.6 Å². The van der Waals surface area contributed by atoms with Crippen molar-refractivity contribution in [3.8, 4) is 11.5 Å². The predicted molar refractivity (Wildman–Crippen MR) is 122 cm³/mol. The molecule has 0 fully saturated rings. The van der Waals surface area contributed by atoms with Crippen LogP contribution in [0.5, 0.6) is 11.5 Å². The highest BCUT2D eigenvalue weighted by molar-refractivity contribution is 5.74. The van der Waals surface area contributed by atoms with E-state index in [0.29, 0.717) is 24.0 Å². The van der Waals surface area contributed by atoms with Gasteiger partial charge in [0.1, 0.15) is 24.2 Å². The van der Waals surface area contributed by atoms with Gasteiger partial charge in [0, 0.05) is 27.2 Å². The van der Waals surface area contributed by atoms with E-state index in [4.69, 9.17) is 9.47 Å². The fourth-order valence-corrected chi connectivity index (χ4v) is 3.28. The third-order valence-electron chi connectivity index (χ3n) is 5.09. The molecule has 0 amide bonds. The summed E-state index contributed by atoms with van der Waals surface area (Å²) in [5.41, 5.74) is -0.436. The van der Waals surface area contributed by atoms with Crippen molar-refractivity contribution in [2.45, 2.75) is 12.6 Å². The van der Waals surface area contributed by atoms with Gasteiger partial charge < -0.3 is 29.4 Å². The Morgan fingerprint density at radius 1 is 1.12 bits per heavy atom. The van der Waals surface area contributed by atoms with Crippen LogP contribution in [0.25, 0.3) is 11.2 Å². The zero-order valence-electron chi connectivity index (χ0n) is 19.0. The molecular weight excluding hydrogens is 416 g/mol. The van der Waals surface area contributed by atoms with Gasteiger partial charge in [0.15, 0.2) is 11.2 Å². The van der Waals surface area contributed by atoms with E-state index < -0.39 is 17.4 Å². The third-order valence-corrected chi connectivity index (χ3v) is 5.09. The van der Waals surface area contributed by atoms with Crippen LogP contribution in [0.3, 0.4) is 0 Å². The first kappa shape index (κ1) is 23.4. The van der Waals surface area contributed by atoms with Gasteiger partial charge in [-0.3, -0.25) is 13.9 Å². The smallest absolute Gasteiger partial charge is 0.332 e. The summed E-state index contributed by atoms with van der Waals surface area (Å²) in [6, 6.07) is 7.03. The monoisotopic (exact) mass is 446 g/mol. The van der Waals surface area contributed by atoms with E-state index in [2.05, 4.69) is 10.3 Å². The number of hydrogen-bond acceptors (Lipinski definition) is 8. The minimum Gasteiger partial charge on any atom is -0.497 e. The Labute approximate surface area is 185 Å². The number of anilines is 1. The lowest BCUT2D eigenvalue weighted by atomic mass is 10.3. The molecule has 0 aliphatic heterocycles. The molecule has 0 radical (unpaired) electrons. The van der Waals surface area contributed by atoms with Gasteiger partial charge in [-0.25, -0.2) is 4.79 Å². The maximum atomic E-state index is 12.9. The van der Waals surface area contributed by atoms with Crippen molar-refractivity contribution in [3.05, 3.63) is 45.1 Å². The van der Waals surface area contributed by atoms with Crippen LogP contribution in [0.15, 0.2) is 33.9 Å². The molecule has 11 nitrogen and oxygen atoms in total. The van der Waals surface area contributed by atoms with E-state index in [0.717, 1.165) is 11.1 Å². The minimum absolute atomic E-state index is 0.00915.